The Hall–Kier alpha value is -3.49. The Kier molecular flexibility index (Phi) is 7.09. The van der Waals surface area contributed by atoms with Crippen LogP contribution in [-0.4, -0.2) is 42.0 Å². The first-order valence-corrected chi connectivity index (χ1v) is 11.3. The second-order valence-electron chi connectivity index (χ2n) is 8.39. The zero-order valence-electron chi connectivity index (χ0n) is 18.8. The van der Waals surface area contributed by atoms with E-state index >= 15 is 0 Å². The molecule has 4 rings (SSSR count). The van der Waals surface area contributed by atoms with E-state index in [4.69, 9.17) is 11.6 Å². The molecule has 9 heteroatoms. The van der Waals surface area contributed by atoms with E-state index in [-0.39, 0.29) is 11.5 Å². The molecule has 0 saturated carbocycles. The SMILES string of the molecule is C[C@@H]1CN(c2ccc(C(=O)Nc3ccc(Cl)c(NC(=O)c4ccc(F)cc4)c3)cn2)C[C@H](C)N1. The average molecular weight is 482 g/mol. The minimum absolute atomic E-state index is 0.284. The van der Waals surface area contributed by atoms with Crippen molar-refractivity contribution in [3.8, 4) is 0 Å². The van der Waals surface area contributed by atoms with Crippen molar-refractivity contribution in [1.82, 2.24) is 10.3 Å². The van der Waals surface area contributed by atoms with Gasteiger partial charge in [-0.3, -0.25) is 9.59 Å². The molecule has 0 bridgehead atoms. The quantitative estimate of drug-likeness (QED) is 0.497. The van der Waals surface area contributed by atoms with Crippen molar-refractivity contribution in [2.24, 2.45) is 0 Å². The first kappa shape index (κ1) is 23.7. The number of nitrogens with zero attached hydrogens (tertiary/aromatic N) is 2. The first-order chi connectivity index (χ1) is 16.3. The molecule has 2 amide bonds. The number of hydrogen-bond donors (Lipinski definition) is 3. The maximum absolute atomic E-state index is 13.1. The number of anilines is 3. The highest BCUT2D eigenvalue weighted by Gasteiger charge is 2.22. The van der Waals surface area contributed by atoms with Gasteiger partial charge in [0.1, 0.15) is 11.6 Å². The number of halogens is 2. The van der Waals surface area contributed by atoms with Crippen LogP contribution in [0.4, 0.5) is 21.6 Å². The molecule has 2 heterocycles. The molecule has 1 aliphatic rings. The van der Waals surface area contributed by atoms with E-state index < -0.39 is 11.7 Å². The number of hydrogen-bond acceptors (Lipinski definition) is 5. The van der Waals surface area contributed by atoms with Gasteiger partial charge in [-0.15, -0.1) is 0 Å². The summed E-state index contributed by atoms with van der Waals surface area (Å²) in [6.45, 7) is 5.96. The number of rotatable bonds is 5. The molecule has 3 aromatic rings. The van der Waals surface area contributed by atoms with Gasteiger partial charge in [-0.25, -0.2) is 9.37 Å². The van der Waals surface area contributed by atoms with Crippen LogP contribution in [0, 0.1) is 5.82 Å². The Labute approximate surface area is 202 Å². The molecule has 2 atom stereocenters. The largest absolute Gasteiger partial charge is 0.354 e. The van der Waals surface area contributed by atoms with Gasteiger partial charge in [0.25, 0.3) is 11.8 Å². The van der Waals surface area contributed by atoms with Gasteiger partial charge in [0, 0.05) is 42.6 Å². The molecule has 176 valence electrons. The fourth-order valence-electron chi connectivity index (χ4n) is 3.92. The van der Waals surface area contributed by atoms with Crippen molar-refractivity contribution in [3.05, 3.63) is 82.8 Å². The maximum Gasteiger partial charge on any atom is 0.257 e. The number of aromatic nitrogens is 1. The van der Waals surface area contributed by atoms with Crippen LogP contribution < -0.4 is 20.9 Å². The summed E-state index contributed by atoms with van der Waals surface area (Å²) < 4.78 is 13.1. The van der Waals surface area contributed by atoms with Crippen LogP contribution in [0.1, 0.15) is 34.6 Å². The molecule has 1 aliphatic heterocycles. The summed E-state index contributed by atoms with van der Waals surface area (Å²) in [5, 5.41) is 9.27. The number of carbonyl (C=O) groups excluding carboxylic acids is 2. The number of nitrogens with one attached hydrogen (secondary N) is 3. The fraction of sp³-hybridized carbons (Fsp3) is 0.240. The number of piperazine rings is 1. The van der Waals surface area contributed by atoms with Gasteiger partial charge in [-0.1, -0.05) is 11.6 Å². The van der Waals surface area contributed by atoms with Gasteiger partial charge in [0.05, 0.1) is 16.3 Å². The Balaban J connectivity index is 1.43. The van der Waals surface area contributed by atoms with E-state index in [1.165, 1.54) is 24.3 Å². The molecule has 1 aromatic heterocycles. The molecular formula is C25H25ClFN5O2. The molecule has 0 aliphatic carbocycles. The van der Waals surface area contributed by atoms with E-state index in [2.05, 4.69) is 39.7 Å². The van der Waals surface area contributed by atoms with Gasteiger partial charge >= 0.3 is 0 Å². The summed E-state index contributed by atoms with van der Waals surface area (Å²) in [7, 11) is 0. The summed E-state index contributed by atoms with van der Waals surface area (Å²) >= 11 is 6.21. The highest BCUT2D eigenvalue weighted by Crippen LogP contribution is 2.26. The third-order valence-electron chi connectivity index (χ3n) is 5.47. The number of carbonyl (C=O) groups is 2. The van der Waals surface area contributed by atoms with Crippen molar-refractivity contribution < 1.29 is 14.0 Å². The van der Waals surface area contributed by atoms with Crippen LogP contribution in [0.25, 0.3) is 0 Å². The van der Waals surface area contributed by atoms with E-state index in [1.54, 1.807) is 30.5 Å². The Bertz CT molecular complexity index is 1180. The van der Waals surface area contributed by atoms with Crippen molar-refractivity contribution >= 4 is 40.6 Å². The van der Waals surface area contributed by atoms with E-state index in [0.29, 0.717) is 34.0 Å². The Morgan fingerprint density at radius 3 is 2.26 bits per heavy atom. The van der Waals surface area contributed by atoms with E-state index in [1.807, 2.05) is 6.07 Å². The number of benzene rings is 2. The molecule has 1 saturated heterocycles. The van der Waals surface area contributed by atoms with Gasteiger partial charge in [-0.05, 0) is 68.4 Å². The number of amides is 2. The molecule has 3 N–H and O–H groups in total. The van der Waals surface area contributed by atoms with Crippen molar-refractivity contribution in [2.75, 3.05) is 28.6 Å². The third-order valence-corrected chi connectivity index (χ3v) is 5.80. The minimum Gasteiger partial charge on any atom is -0.354 e. The predicted octanol–water partition coefficient (Wildman–Crippen LogP) is 4.57. The van der Waals surface area contributed by atoms with Crippen molar-refractivity contribution in [2.45, 2.75) is 25.9 Å². The highest BCUT2D eigenvalue weighted by atomic mass is 35.5. The fourth-order valence-corrected chi connectivity index (χ4v) is 4.08. The van der Waals surface area contributed by atoms with Crippen molar-refractivity contribution in [3.63, 3.8) is 0 Å². The molecule has 34 heavy (non-hydrogen) atoms. The van der Waals surface area contributed by atoms with Crippen LogP contribution in [0.15, 0.2) is 60.8 Å². The lowest BCUT2D eigenvalue weighted by Crippen LogP contribution is -2.54. The Morgan fingerprint density at radius 2 is 1.62 bits per heavy atom. The standard InChI is InChI=1S/C25H25ClFN5O2/c1-15-13-32(14-16(2)29-15)23-10-5-18(12-28-23)25(34)30-20-8-9-21(26)22(11-20)31-24(33)17-3-6-19(27)7-4-17/h3-12,15-16,29H,13-14H2,1-2H3,(H,30,34)(H,31,33)/t15-,16+. The molecular weight excluding hydrogens is 457 g/mol. The lowest BCUT2D eigenvalue weighted by molar-refractivity contribution is 0.101. The normalized spacial score (nSPS) is 17.8. The summed E-state index contributed by atoms with van der Waals surface area (Å²) in [5.74, 6) is -0.381. The molecule has 2 aromatic carbocycles. The average Bonchev–Trinajstić information content (AvgIpc) is 2.81. The third kappa shape index (κ3) is 5.70. The zero-order valence-corrected chi connectivity index (χ0v) is 19.6. The van der Waals surface area contributed by atoms with Crippen LogP contribution in [-0.2, 0) is 0 Å². The molecule has 0 unspecified atom stereocenters. The lowest BCUT2D eigenvalue weighted by atomic mass is 10.1. The molecule has 0 radical (unpaired) electrons. The van der Waals surface area contributed by atoms with E-state index in [0.717, 1.165) is 18.9 Å². The van der Waals surface area contributed by atoms with Crippen LogP contribution in [0.2, 0.25) is 5.02 Å². The highest BCUT2D eigenvalue weighted by molar-refractivity contribution is 6.34. The second-order valence-corrected chi connectivity index (χ2v) is 8.80. The summed E-state index contributed by atoms with van der Waals surface area (Å²) in [5.41, 5.74) is 1.47. The predicted molar refractivity (Wildman–Crippen MR) is 132 cm³/mol. The lowest BCUT2D eigenvalue weighted by Gasteiger charge is -2.36. The van der Waals surface area contributed by atoms with Crippen LogP contribution in [0.5, 0.6) is 0 Å². The van der Waals surface area contributed by atoms with Gasteiger partial charge in [-0.2, -0.15) is 0 Å². The molecule has 0 spiro atoms. The summed E-state index contributed by atoms with van der Waals surface area (Å²) in [6, 6.07) is 14.2. The first-order valence-electron chi connectivity index (χ1n) is 10.9. The summed E-state index contributed by atoms with van der Waals surface area (Å²) in [6.07, 6.45) is 1.55. The van der Waals surface area contributed by atoms with Crippen molar-refractivity contribution in [1.29, 1.82) is 0 Å². The zero-order chi connectivity index (χ0) is 24.2. The smallest absolute Gasteiger partial charge is 0.257 e. The van der Waals surface area contributed by atoms with Gasteiger partial charge in [0.2, 0.25) is 0 Å². The topological polar surface area (TPSA) is 86.4 Å². The Morgan fingerprint density at radius 1 is 0.971 bits per heavy atom. The van der Waals surface area contributed by atoms with E-state index in [9.17, 15) is 14.0 Å². The molecule has 1 fully saturated rings. The molecule has 7 nitrogen and oxygen atoms in total. The van der Waals surface area contributed by atoms with Crippen LogP contribution >= 0.6 is 11.6 Å². The minimum atomic E-state index is -0.443. The number of pyridine rings is 1. The van der Waals surface area contributed by atoms with Crippen LogP contribution in [0.3, 0.4) is 0 Å². The monoisotopic (exact) mass is 481 g/mol. The van der Waals surface area contributed by atoms with Gasteiger partial charge in [0.15, 0.2) is 0 Å². The maximum atomic E-state index is 13.1. The second kappa shape index (κ2) is 10.2. The summed E-state index contributed by atoms with van der Waals surface area (Å²) in [4.78, 5) is 31.9. The van der Waals surface area contributed by atoms with Gasteiger partial charge < -0.3 is 20.9 Å².